The maximum Gasteiger partial charge on any atom is -1.00 e. The molecule has 0 aliphatic heterocycles. The maximum absolute atomic E-state index is 2.36. The van der Waals surface area contributed by atoms with E-state index in [1.807, 2.05) is 3.28 Å². The summed E-state index contributed by atoms with van der Waals surface area (Å²) in [4.78, 5) is 0. The zero-order valence-corrected chi connectivity index (χ0v) is 11.9. The average molecular weight is 301 g/mol. The molecule has 86 valence electrons. The summed E-state index contributed by atoms with van der Waals surface area (Å²) >= 11 is -0.377. The fourth-order valence-electron chi connectivity index (χ4n) is 1.92. The first-order valence-corrected chi connectivity index (χ1v) is 7.87. The predicted molar refractivity (Wildman–Crippen MR) is 57.5 cm³/mol. The second-order valence-corrected chi connectivity index (χ2v) is 7.49. The molecule has 2 rings (SSSR count). The Morgan fingerprint density at radius 2 is 2.00 bits per heavy atom. The van der Waals surface area contributed by atoms with E-state index < -0.39 is 0 Å². The molecule has 0 saturated heterocycles. The van der Waals surface area contributed by atoms with Gasteiger partial charge in [0.15, 0.2) is 0 Å². The zero-order chi connectivity index (χ0) is 9.80. The van der Waals surface area contributed by atoms with Crippen LogP contribution in [-0.4, -0.2) is 0 Å². The Morgan fingerprint density at radius 3 is 2.62 bits per heavy atom. The van der Waals surface area contributed by atoms with E-state index in [2.05, 4.69) is 37.3 Å². The second-order valence-electron chi connectivity index (χ2n) is 3.81. The molecule has 0 saturated carbocycles. The number of allylic oxidation sites excluding steroid dienone is 8. The number of halogens is 2. The molecule has 16 heavy (non-hydrogen) atoms. The van der Waals surface area contributed by atoms with E-state index in [0.717, 1.165) is 0 Å². The molecule has 3 heteroatoms. The van der Waals surface area contributed by atoms with Gasteiger partial charge in [0.1, 0.15) is 0 Å². The van der Waals surface area contributed by atoms with Gasteiger partial charge in [0.25, 0.3) is 0 Å². The van der Waals surface area contributed by atoms with Gasteiger partial charge in [-0.3, -0.25) is 0 Å². The molecule has 0 atom stereocenters. The first-order valence-electron chi connectivity index (χ1n) is 5.41. The predicted octanol–water partition coefficient (Wildman–Crippen LogP) is -2.07. The maximum atomic E-state index is 2.36. The van der Waals surface area contributed by atoms with Gasteiger partial charge in [-0.25, -0.2) is 0 Å². The van der Waals surface area contributed by atoms with Crippen LogP contribution in [0.1, 0.15) is 32.6 Å². The molecule has 2 aliphatic carbocycles. The second kappa shape index (κ2) is 7.89. The molecule has 0 amide bonds. The molecule has 0 aromatic rings. The van der Waals surface area contributed by atoms with Crippen LogP contribution in [0.15, 0.2) is 42.5 Å². The Morgan fingerprint density at radius 1 is 1.19 bits per heavy atom. The summed E-state index contributed by atoms with van der Waals surface area (Å²) in [5.74, 6) is 0. The minimum Gasteiger partial charge on any atom is -1.00 e. The molecule has 0 nitrogen and oxygen atoms in total. The molecule has 0 fully saturated rings. The van der Waals surface area contributed by atoms with E-state index in [9.17, 15) is 0 Å². The third kappa shape index (κ3) is 3.94. The van der Waals surface area contributed by atoms with E-state index >= 15 is 0 Å². The first-order chi connectivity index (χ1) is 6.90. The molecule has 0 aromatic heterocycles. The van der Waals surface area contributed by atoms with Crippen molar-refractivity contribution in [1.29, 1.82) is 0 Å². The minimum atomic E-state index is -0.377. The summed E-state index contributed by atoms with van der Waals surface area (Å²) in [6.45, 7) is 2.28. The standard InChI is InChI=1S/C8H11.C5H5.2FH.Zr/c1-2-5-8-6-3-4-7-8;1-2-4-5-3-1;;;/h3,6H,2,4-5H2,1H3;1-3H,4H2;2*1H;/q;;;;+2/p-2. The van der Waals surface area contributed by atoms with Gasteiger partial charge < -0.3 is 9.41 Å². The SMILES string of the molecule is CCCC1=[C]([Zr+2][C]2=CC=CC2)CC=C1.[F-].[F-]. The van der Waals surface area contributed by atoms with Crippen LogP contribution in [0.5, 0.6) is 0 Å². The van der Waals surface area contributed by atoms with Crippen LogP contribution in [0, 0.1) is 0 Å². The Hall–Kier alpha value is -0.297. The number of rotatable bonds is 4. The summed E-state index contributed by atoms with van der Waals surface area (Å²) in [6, 6.07) is 0. The first kappa shape index (κ1) is 15.7. The molecule has 0 spiro atoms. The van der Waals surface area contributed by atoms with Gasteiger partial charge in [-0.2, -0.15) is 0 Å². The molecular weight excluding hydrogens is 285 g/mol. The van der Waals surface area contributed by atoms with Crippen molar-refractivity contribution in [2.24, 2.45) is 0 Å². The molecule has 0 unspecified atom stereocenters. The van der Waals surface area contributed by atoms with Crippen molar-refractivity contribution < 1.29 is 32.6 Å². The van der Waals surface area contributed by atoms with Crippen LogP contribution in [0.3, 0.4) is 0 Å². The normalized spacial score (nSPS) is 16.7. The quantitative estimate of drug-likeness (QED) is 0.560. The van der Waals surface area contributed by atoms with Gasteiger partial charge in [0.2, 0.25) is 0 Å². The number of hydrogen-bond acceptors (Lipinski definition) is 0. The van der Waals surface area contributed by atoms with Crippen molar-refractivity contribution in [2.75, 3.05) is 0 Å². The van der Waals surface area contributed by atoms with Gasteiger partial charge >= 0.3 is 98.4 Å². The fourth-order valence-corrected chi connectivity index (χ4v) is 5.30. The smallest absolute Gasteiger partial charge is 1.00 e. The average Bonchev–Trinajstić information content (AvgIpc) is 2.80. The van der Waals surface area contributed by atoms with Gasteiger partial charge in [0, 0.05) is 0 Å². The molecular formula is C13H16F2Zr. The van der Waals surface area contributed by atoms with E-state index in [-0.39, 0.29) is 32.6 Å². The Balaban J connectivity index is 0.00000112. The van der Waals surface area contributed by atoms with Gasteiger partial charge in [-0.15, -0.1) is 0 Å². The monoisotopic (exact) mass is 300 g/mol. The van der Waals surface area contributed by atoms with Gasteiger partial charge in [0.05, 0.1) is 0 Å². The van der Waals surface area contributed by atoms with E-state index in [4.69, 9.17) is 0 Å². The van der Waals surface area contributed by atoms with Gasteiger partial charge in [-0.1, -0.05) is 0 Å². The molecule has 0 radical (unpaired) electrons. The van der Waals surface area contributed by atoms with Crippen LogP contribution in [0.25, 0.3) is 0 Å². The summed E-state index contributed by atoms with van der Waals surface area (Å²) < 4.78 is 3.58. The third-order valence-electron chi connectivity index (χ3n) is 2.63. The largest absolute Gasteiger partial charge is 1.00 e. The summed E-state index contributed by atoms with van der Waals surface area (Å²) in [5, 5.41) is 0. The van der Waals surface area contributed by atoms with E-state index in [1.165, 1.54) is 25.7 Å². The van der Waals surface area contributed by atoms with Crippen molar-refractivity contribution in [1.82, 2.24) is 0 Å². The van der Waals surface area contributed by atoms with Crippen molar-refractivity contribution in [3.05, 3.63) is 42.5 Å². The van der Waals surface area contributed by atoms with Crippen LogP contribution < -0.4 is 9.41 Å². The van der Waals surface area contributed by atoms with Crippen LogP contribution in [0.4, 0.5) is 0 Å². The molecule has 0 heterocycles. The Labute approximate surface area is 108 Å². The van der Waals surface area contributed by atoms with Crippen molar-refractivity contribution in [2.45, 2.75) is 32.6 Å². The third-order valence-corrected chi connectivity index (χ3v) is 6.36. The Bertz CT molecular complexity index is 338. The van der Waals surface area contributed by atoms with Crippen LogP contribution in [-0.2, 0) is 23.2 Å². The molecule has 0 bridgehead atoms. The zero-order valence-electron chi connectivity index (χ0n) is 9.47. The van der Waals surface area contributed by atoms with Crippen molar-refractivity contribution >= 4 is 0 Å². The molecule has 0 N–H and O–H groups in total. The summed E-state index contributed by atoms with van der Waals surface area (Å²) in [7, 11) is 0. The molecule has 2 aliphatic rings. The van der Waals surface area contributed by atoms with Crippen LogP contribution in [0.2, 0.25) is 0 Å². The van der Waals surface area contributed by atoms with Crippen molar-refractivity contribution in [3.63, 3.8) is 0 Å². The van der Waals surface area contributed by atoms with Crippen molar-refractivity contribution in [3.8, 4) is 0 Å². The van der Waals surface area contributed by atoms with E-state index in [0.29, 0.717) is 0 Å². The molecule has 0 aromatic carbocycles. The topological polar surface area (TPSA) is 0 Å². The number of hydrogen-bond donors (Lipinski definition) is 0. The minimum absolute atomic E-state index is 0. The fraction of sp³-hybridized carbons (Fsp3) is 0.385. The Kier molecular flexibility index (Phi) is 7.75. The summed E-state index contributed by atoms with van der Waals surface area (Å²) in [5.41, 5.74) is 1.67. The van der Waals surface area contributed by atoms with E-state index in [1.54, 1.807) is 8.85 Å². The summed E-state index contributed by atoms with van der Waals surface area (Å²) in [6.07, 6.45) is 16.7. The van der Waals surface area contributed by atoms with Gasteiger partial charge in [-0.05, 0) is 0 Å². The van der Waals surface area contributed by atoms with Crippen LogP contribution >= 0.6 is 0 Å².